The number of nitrogens with one attached hydrogen (secondary N) is 2. The SMILES string of the molecule is Cc1c(C(=O)NCCC(C)C)oc2c1/C(=N/NC(=O)c1ccc(-c3ccccc3)cc1)CCC2. The summed E-state index contributed by atoms with van der Waals surface area (Å²) in [7, 11) is 0. The van der Waals surface area contributed by atoms with E-state index in [9.17, 15) is 9.59 Å². The summed E-state index contributed by atoms with van der Waals surface area (Å²) in [5.74, 6) is 1.15. The van der Waals surface area contributed by atoms with Crippen LogP contribution in [-0.4, -0.2) is 24.1 Å². The molecule has 0 saturated carbocycles. The first-order valence-electron chi connectivity index (χ1n) is 11.9. The highest BCUT2D eigenvalue weighted by Crippen LogP contribution is 2.30. The number of rotatable bonds is 7. The van der Waals surface area contributed by atoms with Crippen molar-refractivity contribution in [1.29, 1.82) is 0 Å². The molecule has 2 amide bonds. The molecule has 0 atom stereocenters. The third kappa shape index (κ3) is 5.28. The van der Waals surface area contributed by atoms with E-state index in [1.165, 1.54) is 0 Å². The van der Waals surface area contributed by atoms with Crippen molar-refractivity contribution in [3.8, 4) is 11.1 Å². The standard InChI is InChI=1S/C28H31N3O3/c1-18(2)16-17-29-28(33)26-19(3)25-23(10-7-11-24(25)34-26)30-31-27(32)22-14-12-21(13-15-22)20-8-5-4-6-9-20/h4-6,8-9,12-15,18H,7,10-11,16-17H2,1-3H3,(H,29,33)(H,31,32)/b30-23+. The Morgan fingerprint density at radius 1 is 0.971 bits per heavy atom. The molecule has 6 heteroatoms. The molecular formula is C28H31N3O3. The Labute approximate surface area is 200 Å². The van der Waals surface area contributed by atoms with E-state index in [0.29, 0.717) is 23.8 Å². The van der Waals surface area contributed by atoms with E-state index in [1.54, 1.807) is 12.1 Å². The van der Waals surface area contributed by atoms with Crippen LogP contribution in [-0.2, 0) is 6.42 Å². The number of benzene rings is 2. The van der Waals surface area contributed by atoms with Crippen LogP contribution in [0.25, 0.3) is 11.1 Å². The topological polar surface area (TPSA) is 83.7 Å². The van der Waals surface area contributed by atoms with Gasteiger partial charge >= 0.3 is 0 Å². The van der Waals surface area contributed by atoms with Gasteiger partial charge in [0.2, 0.25) is 0 Å². The number of carbonyl (C=O) groups is 2. The molecule has 0 radical (unpaired) electrons. The van der Waals surface area contributed by atoms with Crippen LogP contribution in [0.5, 0.6) is 0 Å². The van der Waals surface area contributed by atoms with Gasteiger partial charge in [-0.25, -0.2) is 5.43 Å². The molecule has 4 rings (SSSR count). The second-order valence-corrected chi connectivity index (χ2v) is 9.09. The first-order valence-corrected chi connectivity index (χ1v) is 11.9. The van der Waals surface area contributed by atoms with Gasteiger partial charge in [-0.1, -0.05) is 56.3 Å². The predicted octanol–water partition coefficient (Wildman–Crippen LogP) is 5.50. The quantitative estimate of drug-likeness (QED) is 0.460. The molecule has 0 aliphatic heterocycles. The number of hydrazone groups is 1. The fourth-order valence-electron chi connectivity index (χ4n) is 4.18. The zero-order chi connectivity index (χ0) is 24.1. The van der Waals surface area contributed by atoms with Crippen molar-refractivity contribution in [3.05, 3.63) is 82.8 Å². The lowest BCUT2D eigenvalue weighted by molar-refractivity contribution is 0.0920. The first-order chi connectivity index (χ1) is 16.4. The summed E-state index contributed by atoms with van der Waals surface area (Å²) in [5, 5.41) is 7.37. The number of fused-ring (bicyclic) bond motifs is 1. The highest BCUT2D eigenvalue weighted by molar-refractivity contribution is 6.07. The summed E-state index contributed by atoms with van der Waals surface area (Å²) in [6.45, 7) is 6.74. The van der Waals surface area contributed by atoms with E-state index in [1.807, 2.05) is 49.4 Å². The van der Waals surface area contributed by atoms with Crippen LogP contribution < -0.4 is 10.7 Å². The average Bonchev–Trinajstić information content (AvgIpc) is 3.20. The summed E-state index contributed by atoms with van der Waals surface area (Å²) >= 11 is 0. The van der Waals surface area contributed by atoms with Crippen molar-refractivity contribution in [3.63, 3.8) is 0 Å². The normalized spacial score (nSPS) is 14.2. The third-order valence-electron chi connectivity index (χ3n) is 6.09. The lowest BCUT2D eigenvalue weighted by Gasteiger charge is -2.13. The molecule has 0 spiro atoms. The summed E-state index contributed by atoms with van der Waals surface area (Å²) < 4.78 is 5.93. The minimum atomic E-state index is -0.271. The Morgan fingerprint density at radius 3 is 2.38 bits per heavy atom. The molecule has 1 aliphatic rings. The molecule has 3 aromatic rings. The maximum Gasteiger partial charge on any atom is 0.287 e. The second kappa shape index (κ2) is 10.5. The highest BCUT2D eigenvalue weighted by Gasteiger charge is 2.28. The van der Waals surface area contributed by atoms with Crippen molar-refractivity contribution < 1.29 is 14.0 Å². The smallest absolute Gasteiger partial charge is 0.287 e. The number of amides is 2. The maximum absolute atomic E-state index is 12.7. The first kappa shape index (κ1) is 23.5. The fraction of sp³-hybridized carbons (Fsp3) is 0.321. The fourth-order valence-corrected chi connectivity index (χ4v) is 4.18. The molecule has 2 aromatic carbocycles. The van der Waals surface area contributed by atoms with Crippen LogP contribution in [0.1, 0.15) is 70.9 Å². The minimum absolute atomic E-state index is 0.200. The van der Waals surface area contributed by atoms with Crippen molar-refractivity contribution >= 4 is 17.5 Å². The Bertz CT molecular complexity index is 1190. The van der Waals surface area contributed by atoms with E-state index >= 15 is 0 Å². The van der Waals surface area contributed by atoms with E-state index in [2.05, 4.69) is 29.7 Å². The lowest BCUT2D eigenvalue weighted by atomic mass is 9.93. The van der Waals surface area contributed by atoms with Gasteiger partial charge in [-0.05, 0) is 55.4 Å². The molecule has 0 unspecified atom stereocenters. The number of hydrogen-bond acceptors (Lipinski definition) is 4. The van der Waals surface area contributed by atoms with E-state index in [4.69, 9.17) is 4.42 Å². The van der Waals surface area contributed by atoms with Gasteiger partial charge in [0.15, 0.2) is 5.76 Å². The van der Waals surface area contributed by atoms with Gasteiger partial charge in [-0.2, -0.15) is 5.10 Å². The van der Waals surface area contributed by atoms with Gasteiger partial charge in [-0.15, -0.1) is 0 Å². The Hall–Kier alpha value is -3.67. The number of nitrogens with zero attached hydrogens (tertiary/aromatic N) is 1. The van der Waals surface area contributed by atoms with Gasteiger partial charge in [0.1, 0.15) is 5.76 Å². The van der Waals surface area contributed by atoms with Gasteiger partial charge in [0, 0.05) is 29.7 Å². The molecule has 34 heavy (non-hydrogen) atoms. The molecule has 1 aromatic heterocycles. The Balaban J connectivity index is 1.47. The molecule has 0 bridgehead atoms. The van der Waals surface area contributed by atoms with Crippen LogP contribution >= 0.6 is 0 Å². The second-order valence-electron chi connectivity index (χ2n) is 9.09. The molecular weight excluding hydrogens is 426 g/mol. The van der Waals surface area contributed by atoms with Crippen LogP contribution in [0.4, 0.5) is 0 Å². The zero-order valence-corrected chi connectivity index (χ0v) is 20.0. The van der Waals surface area contributed by atoms with Crippen molar-refractivity contribution in [2.24, 2.45) is 11.0 Å². The number of furan rings is 1. The summed E-state index contributed by atoms with van der Waals surface area (Å²) in [5.41, 5.74) is 7.75. The van der Waals surface area contributed by atoms with E-state index in [-0.39, 0.29) is 11.8 Å². The van der Waals surface area contributed by atoms with Crippen molar-refractivity contribution in [2.75, 3.05) is 6.54 Å². The maximum atomic E-state index is 12.7. The van der Waals surface area contributed by atoms with Gasteiger partial charge in [-0.3, -0.25) is 9.59 Å². The van der Waals surface area contributed by atoms with Crippen molar-refractivity contribution in [1.82, 2.24) is 10.7 Å². The van der Waals surface area contributed by atoms with E-state index in [0.717, 1.165) is 59.4 Å². The van der Waals surface area contributed by atoms with Gasteiger partial charge < -0.3 is 9.73 Å². The van der Waals surface area contributed by atoms with Crippen molar-refractivity contribution in [2.45, 2.75) is 46.5 Å². The summed E-state index contributed by atoms with van der Waals surface area (Å²) in [6.07, 6.45) is 3.24. The van der Waals surface area contributed by atoms with Crippen LogP contribution in [0.2, 0.25) is 0 Å². The number of hydrogen-bond donors (Lipinski definition) is 2. The predicted molar refractivity (Wildman–Crippen MR) is 134 cm³/mol. The Kier molecular flexibility index (Phi) is 7.26. The molecule has 1 heterocycles. The Morgan fingerprint density at radius 2 is 1.68 bits per heavy atom. The molecule has 1 aliphatic carbocycles. The van der Waals surface area contributed by atoms with Crippen LogP contribution in [0.15, 0.2) is 64.1 Å². The van der Waals surface area contributed by atoms with Gasteiger partial charge in [0.05, 0.1) is 5.71 Å². The molecule has 0 saturated heterocycles. The molecule has 2 N–H and O–H groups in total. The molecule has 0 fully saturated rings. The van der Waals surface area contributed by atoms with Crippen LogP contribution in [0.3, 0.4) is 0 Å². The van der Waals surface area contributed by atoms with E-state index < -0.39 is 0 Å². The monoisotopic (exact) mass is 457 g/mol. The lowest BCUT2D eigenvalue weighted by Crippen LogP contribution is -2.25. The minimum Gasteiger partial charge on any atom is -0.455 e. The summed E-state index contributed by atoms with van der Waals surface area (Å²) in [4.78, 5) is 25.4. The zero-order valence-electron chi connectivity index (χ0n) is 20.0. The third-order valence-corrected chi connectivity index (χ3v) is 6.09. The summed E-state index contributed by atoms with van der Waals surface area (Å²) in [6, 6.07) is 17.5. The average molecular weight is 458 g/mol. The number of carbonyl (C=O) groups excluding carboxylic acids is 2. The molecule has 6 nitrogen and oxygen atoms in total. The van der Waals surface area contributed by atoms with Gasteiger partial charge in [0.25, 0.3) is 11.8 Å². The highest BCUT2D eigenvalue weighted by atomic mass is 16.4. The number of aryl methyl sites for hydroxylation is 1. The van der Waals surface area contributed by atoms with Crippen LogP contribution in [0, 0.1) is 12.8 Å². The largest absolute Gasteiger partial charge is 0.455 e. The molecule has 176 valence electrons.